The Morgan fingerprint density at radius 1 is 1.00 bits per heavy atom. The maximum atomic E-state index is 12.0. The predicted octanol–water partition coefficient (Wildman–Crippen LogP) is 1.24. The van der Waals surface area contributed by atoms with Gasteiger partial charge in [0.05, 0.1) is 17.8 Å². The van der Waals surface area contributed by atoms with Crippen LogP contribution in [0.1, 0.15) is 29.4 Å². The van der Waals surface area contributed by atoms with Gasteiger partial charge in [-0.3, -0.25) is 14.4 Å². The van der Waals surface area contributed by atoms with E-state index in [1.807, 2.05) is 0 Å². The van der Waals surface area contributed by atoms with Crippen molar-refractivity contribution in [2.75, 3.05) is 0 Å². The van der Waals surface area contributed by atoms with Gasteiger partial charge < -0.3 is 10.2 Å². The summed E-state index contributed by atoms with van der Waals surface area (Å²) in [6, 6.07) is 7.08. The van der Waals surface area contributed by atoms with Gasteiger partial charge in [-0.15, -0.1) is 0 Å². The van der Waals surface area contributed by atoms with E-state index < -0.39 is 35.6 Å². The number of aliphatic carboxylic acids is 2. The number of Topliss-reactive ketones (excluding diaryl/α,β-unsaturated/α-hetero) is 1. The Morgan fingerprint density at radius 2 is 1.58 bits per heavy atom. The minimum atomic E-state index is -1.20. The summed E-state index contributed by atoms with van der Waals surface area (Å²) in [4.78, 5) is 34.8. The van der Waals surface area contributed by atoms with Gasteiger partial charge in [-0.1, -0.05) is 24.3 Å². The van der Waals surface area contributed by atoms with Gasteiger partial charge in [-0.05, 0) is 11.1 Å². The van der Waals surface area contributed by atoms with E-state index in [1.54, 1.807) is 24.3 Å². The summed E-state index contributed by atoms with van der Waals surface area (Å²) in [7, 11) is 0. The molecular weight excluding hydrogens is 248 g/mol. The highest BCUT2D eigenvalue weighted by Crippen LogP contribution is 2.54. The second kappa shape index (κ2) is 3.91. The maximum Gasteiger partial charge on any atom is 0.308 e. The largest absolute Gasteiger partial charge is 0.481 e. The zero-order chi connectivity index (χ0) is 13.7. The highest BCUT2D eigenvalue weighted by molar-refractivity contribution is 5.98. The fourth-order valence-electron chi connectivity index (χ4n) is 3.55. The van der Waals surface area contributed by atoms with Crippen LogP contribution in [0.4, 0.5) is 0 Å². The standard InChI is InChI=1S/C14H12O5/c15-9-5-8-6-3-1-2-4-7(6)10(9)12(14(18)19)11(8)13(16)17/h1-4,8,10-12H,5H2,(H,16,17)(H,18,19)/t8-,10+,11+,12+/m0/s1. The number of benzene rings is 1. The van der Waals surface area contributed by atoms with Crippen molar-refractivity contribution >= 4 is 17.7 Å². The molecule has 0 aliphatic heterocycles. The van der Waals surface area contributed by atoms with Gasteiger partial charge in [0, 0.05) is 12.3 Å². The number of hydrogen-bond donors (Lipinski definition) is 2. The smallest absolute Gasteiger partial charge is 0.308 e. The Balaban J connectivity index is 2.22. The Morgan fingerprint density at radius 3 is 2.16 bits per heavy atom. The summed E-state index contributed by atoms with van der Waals surface area (Å²) in [6.07, 6.45) is 0.127. The molecule has 1 aromatic rings. The van der Waals surface area contributed by atoms with Gasteiger partial charge in [0.2, 0.25) is 0 Å². The van der Waals surface area contributed by atoms with E-state index in [1.165, 1.54) is 0 Å². The van der Waals surface area contributed by atoms with Crippen molar-refractivity contribution in [2.24, 2.45) is 11.8 Å². The normalized spacial score (nSPS) is 31.9. The molecule has 0 aromatic heterocycles. The molecule has 4 rings (SSSR count). The first-order valence-electron chi connectivity index (χ1n) is 6.09. The van der Waals surface area contributed by atoms with Crippen LogP contribution in [0.2, 0.25) is 0 Å². The van der Waals surface area contributed by atoms with Crippen LogP contribution in [0, 0.1) is 11.8 Å². The molecule has 19 heavy (non-hydrogen) atoms. The van der Waals surface area contributed by atoms with Crippen LogP contribution in [0.25, 0.3) is 0 Å². The fraction of sp³-hybridized carbons (Fsp3) is 0.357. The summed E-state index contributed by atoms with van der Waals surface area (Å²) < 4.78 is 0. The fourth-order valence-corrected chi connectivity index (χ4v) is 3.55. The molecule has 5 nitrogen and oxygen atoms in total. The SMILES string of the molecule is O=C(O)[C@H]1[C@H](C(=O)O)[C@H]2C(=O)C[C@H]1c1ccccc12. The third kappa shape index (κ3) is 1.51. The molecule has 0 heterocycles. The molecule has 1 saturated carbocycles. The van der Waals surface area contributed by atoms with Gasteiger partial charge in [-0.25, -0.2) is 0 Å². The third-order valence-corrected chi connectivity index (χ3v) is 4.25. The number of hydrogen-bond acceptors (Lipinski definition) is 3. The first kappa shape index (κ1) is 11.9. The van der Waals surface area contributed by atoms with Crippen molar-refractivity contribution in [1.29, 1.82) is 0 Å². The van der Waals surface area contributed by atoms with E-state index in [0.717, 1.165) is 5.56 Å². The molecule has 98 valence electrons. The molecule has 0 unspecified atom stereocenters. The highest BCUT2D eigenvalue weighted by Gasteiger charge is 2.56. The number of carboxylic acids is 2. The molecular formula is C14H12O5. The molecule has 2 N–H and O–H groups in total. The van der Waals surface area contributed by atoms with Crippen molar-refractivity contribution in [3.05, 3.63) is 35.4 Å². The number of carbonyl (C=O) groups is 3. The van der Waals surface area contributed by atoms with E-state index in [-0.39, 0.29) is 12.2 Å². The number of fused-ring (bicyclic) bond motifs is 2. The molecule has 0 amide bonds. The van der Waals surface area contributed by atoms with Crippen LogP contribution < -0.4 is 0 Å². The van der Waals surface area contributed by atoms with Crippen LogP contribution in [-0.4, -0.2) is 27.9 Å². The van der Waals surface area contributed by atoms with Gasteiger partial charge in [-0.2, -0.15) is 0 Å². The van der Waals surface area contributed by atoms with Crippen molar-refractivity contribution in [3.8, 4) is 0 Å². The van der Waals surface area contributed by atoms with E-state index in [2.05, 4.69) is 0 Å². The quantitative estimate of drug-likeness (QED) is 0.834. The van der Waals surface area contributed by atoms with Crippen molar-refractivity contribution in [3.63, 3.8) is 0 Å². The lowest BCUT2D eigenvalue weighted by Crippen LogP contribution is -2.49. The number of rotatable bonds is 2. The van der Waals surface area contributed by atoms with Crippen LogP contribution >= 0.6 is 0 Å². The Hall–Kier alpha value is -2.17. The summed E-state index contributed by atoms with van der Waals surface area (Å²) in [5.41, 5.74) is 1.51. The average Bonchev–Trinajstić information content (AvgIpc) is 2.37. The second-order valence-electron chi connectivity index (χ2n) is 5.11. The summed E-state index contributed by atoms with van der Waals surface area (Å²) in [6.45, 7) is 0. The summed E-state index contributed by atoms with van der Waals surface area (Å²) in [5.74, 6) is -6.01. The molecule has 0 saturated heterocycles. The molecule has 3 aliphatic rings. The average molecular weight is 260 g/mol. The molecule has 1 fully saturated rings. The lowest BCUT2D eigenvalue weighted by molar-refractivity contribution is -0.160. The number of carbonyl (C=O) groups excluding carboxylic acids is 1. The first-order valence-corrected chi connectivity index (χ1v) is 6.09. The number of carboxylic acid groups (broad SMARTS) is 2. The van der Waals surface area contributed by atoms with Gasteiger partial charge in [0.15, 0.2) is 0 Å². The van der Waals surface area contributed by atoms with Crippen LogP contribution in [0.5, 0.6) is 0 Å². The van der Waals surface area contributed by atoms with Crippen molar-refractivity contribution < 1.29 is 24.6 Å². The second-order valence-corrected chi connectivity index (χ2v) is 5.11. The molecule has 3 aliphatic carbocycles. The van der Waals surface area contributed by atoms with Crippen LogP contribution in [0.3, 0.4) is 0 Å². The van der Waals surface area contributed by atoms with Crippen LogP contribution in [-0.2, 0) is 14.4 Å². The lowest BCUT2D eigenvalue weighted by Gasteiger charge is -2.44. The number of ketones is 1. The molecule has 2 bridgehead atoms. The zero-order valence-electron chi connectivity index (χ0n) is 9.95. The van der Waals surface area contributed by atoms with Gasteiger partial charge >= 0.3 is 11.9 Å². The minimum Gasteiger partial charge on any atom is -0.481 e. The highest BCUT2D eigenvalue weighted by atomic mass is 16.4. The Bertz CT molecular complexity index is 591. The first-order chi connectivity index (χ1) is 9.02. The summed E-state index contributed by atoms with van der Waals surface area (Å²) >= 11 is 0. The monoisotopic (exact) mass is 260 g/mol. The molecule has 0 radical (unpaired) electrons. The van der Waals surface area contributed by atoms with E-state index in [9.17, 15) is 24.6 Å². The van der Waals surface area contributed by atoms with Crippen molar-refractivity contribution in [1.82, 2.24) is 0 Å². The molecule has 5 heteroatoms. The zero-order valence-corrected chi connectivity index (χ0v) is 9.95. The van der Waals surface area contributed by atoms with Crippen molar-refractivity contribution in [2.45, 2.75) is 18.3 Å². The minimum absolute atomic E-state index is 0.127. The van der Waals surface area contributed by atoms with E-state index >= 15 is 0 Å². The lowest BCUT2D eigenvalue weighted by atomic mass is 9.56. The molecule has 4 atom stereocenters. The van der Waals surface area contributed by atoms with Gasteiger partial charge in [0.25, 0.3) is 0 Å². The van der Waals surface area contributed by atoms with E-state index in [4.69, 9.17) is 0 Å². The molecule has 1 aromatic carbocycles. The third-order valence-electron chi connectivity index (χ3n) is 4.25. The van der Waals surface area contributed by atoms with Gasteiger partial charge in [0.1, 0.15) is 5.78 Å². The Kier molecular flexibility index (Phi) is 2.45. The maximum absolute atomic E-state index is 12.0. The Labute approximate surface area is 108 Å². The van der Waals surface area contributed by atoms with E-state index in [0.29, 0.717) is 5.56 Å². The summed E-state index contributed by atoms with van der Waals surface area (Å²) in [5, 5.41) is 18.6. The molecule has 0 spiro atoms. The van der Waals surface area contributed by atoms with Crippen LogP contribution in [0.15, 0.2) is 24.3 Å². The predicted molar refractivity (Wildman–Crippen MR) is 63.8 cm³/mol. The topological polar surface area (TPSA) is 91.7 Å².